The van der Waals surface area contributed by atoms with Gasteiger partial charge in [0.05, 0.1) is 11.1 Å². The van der Waals surface area contributed by atoms with Crippen LogP contribution in [0.1, 0.15) is 67.3 Å². The summed E-state index contributed by atoms with van der Waals surface area (Å²) >= 11 is 0. The van der Waals surface area contributed by atoms with Crippen LogP contribution in [0.3, 0.4) is 0 Å². The fraction of sp³-hybridized carbons (Fsp3) is 0.458. The first-order valence-electron chi connectivity index (χ1n) is 10.9. The summed E-state index contributed by atoms with van der Waals surface area (Å²) in [7, 11) is 0. The van der Waals surface area contributed by atoms with Gasteiger partial charge in [-0.1, -0.05) is 56.0 Å². The molecule has 0 aliphatic heterocycles. The van der Waals surface area contributed by atoms with E-state index >= 15 is 0 Å². The van der Waals surface area contributed by atoms with Gasteiger partial charge in [0.1, 0.15) is 6.54 Å². The summed E-state index contributed by atoms with van der Waals surface area (Å²) in [5, 5.41) is 6.22. The molecule has 0 unspecified atom stereocenters. The first-order valence-corrected chi connectivity index (χ1v) is 10.9. The van der Waals surface area contributed by atoms with Crippen LogP contribution in [0.15, 0.2) is 53.5 Å². The van der Waals surface area contributed by atoms with E-state index in [2.05, 4.69) is 10.6 Å². The Morgan fingerprint density at radius 2 is 1.67 bits per heavy atom. The smallest absolute Gasteiger partial charge is 0.252 e. The van der Waals surface area contributed by atoms with E-state index < -0.39 is 0 Å². The van der Waals surface area contributed by atoms with Crippen molar-refractivity contribution in [2.45, 2.75) is 69.5 Å². The van der Waals surface area contributed by atoms with Crippen LogP contribution in [-0.2, 0) is 16.9 Å². The highest BCUT2D eigenvalue weighted by Gasteiger charge is 2.36. The van der Waals surface area contributed by atoms with E-state index in [0.29, 0.717) is 5.56 Å². The molecule has 2 saturated carbocycles. The fourth-order valence-electron chi connectivity index (χ4n) is 4.81. The van der Waals surface area contributed by atoms with E-state index in [-0.39, 0.29) is 35.5 Å². The molecule has 0 saturated heterocycles. The number of hydrogen-bond donors (Lipinski definition) is 2. The second-order valence-electron chi connectivity index (χ2n) is 8.54. The molecule has 1 aromatic carbocycles. The van der Waals surface area contributed by atoms with Gasteiger partial charge in [0.15, 0.2) is 0 Å². The highest BCUT2D eigenvalue weighted by atomic mass is 16.2. The molecule has 1 heterocycles. The number of nitrogens with zero attached hydrogens (tertiary/aromatic N) is 1. The van der Waals surface area contributed by atoms with Crippen molar-refractivity contribution in [2.75, 3.05) is 0 Å². The van der Waals surface area contributed by atoms with Gasteiger partial charge in [-0.05, 0) is 37.3 Å². The second kappa shape index (κ2) is 8.86. The first kappa shape index (κ1) is 20.4. The SMILES string of the molecule is O=C(Cn1cc(C(=O)NC2CCCC2)ccc1=O)NC1(c2ccccc2)CCCC1. The summed E-state index contributed by atoms with van der Waals surface area (Å²) in [6.07, 6.45) is 9.66. The van der Waals surface area contributed by atoms with Crippen molar-refractivity contribution >= 4 is 11.8 Å². The number of pyridine rings is 1. The lowest BCUT2D eigenvalue weighted by Gasteiger charge is -2.31. The molecule has 0 radical (unpaired) electrons. The fourth-order valence-corrected chi connectivity index (χ4v) is 4.81. The third-order valence-corrected chi connectivity index (χ3v) is 6.41. The van der Waals surface area contributed by atoms with Crippen LogP contribution in [0.25, 0.3) is 0 Å². The normalized spacial score (nSPS) is 18.3. The summed E-state index contributed by atoms with van der Waals surface area (Å²) in [6, 6.07) is 13.1. The lowest BCUT2D eigenvalue weighted by molar-refractivity contribution is -0.123. The van der Waals surface area contributed by atoms with Gasteiger partial charge in [0.2, 0.25) is 5.91 Å². The van der Waals surface area contributed by atoms with Crippen LogP contribution >= 0.6 is 0 Å². The maximum absolute atomic E-state index is 12.9. The zero-order valence-electron chi connectivity index (χ0n) is 17.2. The Labute approximate surface area is 176 Å². The molecule has 0 atom stereocenters. The standard InChI is InChI=1S/C24H29N3O3/c28-21(26-24(14-6-7-15-24)19-8-2-1-3-9-19)17-27-16-18(12-13-22(27)29)23(30)25-20-10-4-5-11-20/h1-3,8-9,12-13,16,20H,4-7,10-11,14-15,17H2,(H,25,30)(H,26,28). The minimum absolute atomic E-state index is 0.0992. The van der Waals surface area contributed by atoms with E-state index in [1.165, 1.54) is 22.9 Å². The average molecular weight is 408 g/mol. The Morgan fingerprint density at radius 3 is 2.37 bits per heavy atom. The molecule has 0 bridgehead atoms. The van der Waals surface area contributed by atoms with Gasteiger partial charge in [0, 0.05) is 18.3 Å². The molecule has 6 nitrogen and oxygen atoms in total. The maximum atomic E-state index is 12.9. The van der Waals surface area contributed by atoms with Gasteiger partial charge in [0.25, 0.3) is 11.5 Å². The number of carbonyl (C=O) groups is 2. The van der Waals surface area contributed by atoms with Crippen molar-refractivity contribution in [1.82, 2.24) is 15.2 Å². The van der Waals surface area contributed by atoms with Gasteiger partial charge >= 0.3 is 0 Å². The topological polar surface area (TPSA) is 80.2 Å². The van der Waals surface area contributed by atoms with Crippen molar-refractivity contribution in [3.8, 4) is 0 Å². The Bertz CT molecular complexity index is 955. The van der Waals surface area contributed by atoms with Gasteiger partial charge in [-0.25, -0.2) is 0 Å². The second-order valence-corrected chi connectivity index (χ2v) is 8.54. The third-order valence-electron chi connectivity index (χ3n) is 6.41. The van der Waals surface area contributed by atoms with Crippen LogP contribution in [0.5, 0.6) is 0 Å². The van der Waals surface area contributed by atoms with Gasteiger partial charge < -0.3 is 15.2 Å². The van der Waals surface area contributed by atoms with E-state index in [0.717, 1.165) is 56.9 Å². The molecule has 4 rings (SSSR count). The van der Waals surface area contributed by atoms with E-state index in [1.54, 1.807) is 0 Å². The minimum atomic E-state index is -0.376. The molecule has 2 aliphatic rings. The number of nitrogens with one attached hydrogen (secondary N) is 2. The summed E-state index contributed by atoms with van der Waals surface area (Å²) < 4.78 is 1.33. The number of hydrogen-bond acceptors (Lipinski definition) is 3. The quantitative estimate of drug-likeness (QED) is 0.772. The van der Waals surface area contributed by atoms with Crippen LogP contribution < -0.4 is 16.2 Å². The van der Waals surface area contributed by atoms with Crippen molar-refractivity contribution in [3.05, 3.63) is 70.1 Å². The predicted molar refractivity (Wildman–Crippen MR) is 115 cm³/mol. The lowest BCUT2D eigenvalue weighted by atomic mass is 9.88. The minimum Gasteiger partial charge on any atom is -0.349 e. The van der Waals surface area contributed by atoms with Crippen molar-refractivity contribution in [3.63, 3.8) is 0 Å². The van der Waals surface area contributed by atoms with Crippen molar-refractivity contribution < 1.29 is 9.59 Å². The predicted octanol–water partition coefficient (Wildman–Crippen LogP) is 3.11. The Hall–Kier alpha value is -2.89. The molecule has 1 aromatic heterocycles. The number of aromatic nitrogens is 1. The number of benzene rings is 1. The number of carbonyl (C=O) groups excluding carboxylic acids is 2. The lowest BCUT2D eigenvalue weighted by Crippen LogP contribution is -2.46. The largest absolute Gasteiger partial charge is 0.349 e. The van der Waals surface area contributed by atoms with Gasteiger partial charge in [-0.3, -0.25) is 14.4 Å². The van der Waals surface area contributed by atoms with Crippen molar-refractivity contribution in [2.24, 2.45) is 0 Å². The zero-order chi connectivity index (χ0) is 21.0. The average Bonchev–Trinajstić information content (AvgIpc) is 3.43. The number of amides is 2. The number of rotatable bonds is 6. The first-order chi connectivity index (χ1) is 14.6. The van der Waals surface area contributed by atoms with Crippen LogP contribution in [0.4, 0.5) is 0 Å². The van der Waals surface area contributed by atoms with Gasteiger partial charge in [-0.15, -0.1) is 0 Å². The molecule has 2 aromatic rings. The van der Waals surface area contributed by atoms with Crippen LogP contribution in [-0.4, -0.2) is 22.4 Å². The molecule has 2 amide bonds. The zero-order valence-corrected chi connectivity index (χ0v) is 17.2. The summed E-state index contributed by atoms with van der Waals surface area (Å²) in [5.74, 6) is -0.399. The van der Waals surface area contributed by atoms with E-state index in [4.69, 9.17) is 0 Å². The maximum Gasteiger partial charge on any atom is 0.252 e. The van der Waals surface area contributed by atoms with Crippen LogP contribution in [0, 0.1) is 0 Å². The summed E-state index contributed by atoms with van der Waals surface area (Å²) in [5.41, 5.74) is 0.850. The molecule has 2 N–H and O–H groups in total. The van der Waals surface area contributed by atoms with Crippen LogP contribution in [0.2, 0.25) is 0 Å². The Kier molecular flexibility index (Phi) is 6.02. The van der Waals surface area contributed by atoms with E-state index in [1.807, 2.05) is 30.3 Å². The highest BCUT2D eigenvalue weighted by molar-refractivity contribution is 5.94. The Morgan fingerprint density at radius 1 is 0.967 bits per heavy atom. The Balaban J connectivity index is 1.47. The highest BCUT2D eigenvalue weighted by Crippen LogP contribution is 2.38. The van der Waals surface area contributed by atoms with Gasteiger partial charge in [-0.2, -0.15) is 0 Å². The van der Waals surface area contributed by atoms with E-state index in [9.17, 15) is 14.4 Å². The molecule has 2 fully saturated rings. The molecule has 0 spiro atoms. The molecular formula is C24H29N3O3. The molecular weight excluding hydrogens is 378 g/mol. The summed E-state index contributed by atoms with van der Waals surface area (Å²) in [6.45, 7) is -0.0992. The summed E-state index contributed by atoms with van der Waals surface area (Å²) in [4.78, 5) is 37.7. The molecule has 30 heavy (non-hydrogen) atoms. The molecule has 6 heteroatoms. The molecule has 2 aliphatic carbocycles. The van der Waals surface area contributed by atoms with Crippen molar-refractivity contribution in [1.29, 1.82) is 0 Å². The molecule has 158 valence electrons. The monoisotopic (exact) mass is 407 g/mol. The third kappa shape index (κ3) is 4.48.